The fraction of sp³-hybridized carbons (Fsp3) is 0.300. The van der Waals surface area contributed by atoms with E-state index in [0.717, 1.165) is 11.1 Å². The minimum absolute atomic E-state index is 0.177. The molecule has 2 aromatic carbocycles. The number of amides is 2. The predicted molar refractivity (Wildman–Crippen MR) is 95.2 cm³/mol. The highest BCUT2D eigenvalue weighted by Gasteiger charge is 2.23. The summed E-state index contributed by atoms with van der Waals surface area (Å²) in [7, 11) is 0. The molecule has 0 heterocycles. The first-order chi connectivity index (χ1) is 11.5. The maximum Gasteiger partial charge on any atom is 0.309 e. The van der Waals surface area contributed by atoms with E-state index in [-0.39, 0.29) is 18.0 Å². The summed E-state index contributed by atoms with van der Waals surface area (Å²) in [5.41, 5.74) is 1.95. The van der Waals surface area contributed by atoms with Crippen molar-refractivity contribution >= 4 is 11.8 Å². The lowest BCUT2D eigenvalue weighted by Gasteiger charge is -2.23. The Labute approximate surface area is 143 Å². The quantitative estimate of drug-likeness (QED) is 0.828. The van der Waals surface area contributed by atoms with Crippen LogP contribution >= 0.6 is 0 Å². The van der Waals surface area contributed by atoms with Crippen molar-refractivity contribution in [1.29, 1.82) is 0 Å². The van der Waals surface area contributed by atoms with Gasteiger partial charge in [0, 0.05) is 0 Å². The molecule has 2 rings (SSSR count). The van der Waals surface area contributed by atoms with Gasteiger partial charge >= 0.3 is 11.8 Å². The second kappa shape index (κ2) is 8.29. The van der Waals surface area contributed by atoms with Gasteiger partial charge in [0.05, 0.1) is 12.1 Å². The average Bonchev–Trinajstić information content (AvgIpc) is 2.60. The van der Waals surface area contributed by atoms with Gasteiger partial charge in [-0.2, -0.15) is 0 Å². The average molecular weight is 324 g/mol. The van der Waals surface area contributed by atoms with Crippen molar-refractivity contribution in [3.63, 3.8) is 0 Å². The van der Waals surface area contributed by atoms with E-state index in [1.54, 1.807) is 0 Å². The molecular weight excluding hydrogens is 300 g/mol. The largest absolute Gasteiger partial charge is 0.341 e. The normalized spacial score (nSPS) is 13.2. The fourth-order valence-corrected chi connectivity index (χ4v) is 2.59. The number of carbonyl (C=O) groups excluding carboxylic acids is 2. The zero-order chi connectivity index (χ0) is 17.5. The van der Waals surface area contributed by atoms with Crippen molar-refractivity contribution in [3.8, 4) is 0 Å². The monoisotopic (exact) mass is 324 g/mol. The molecule has 2 aromatic rings. The minimum Gasteiger partial charge on any atom is -0.341 e. The molecule has 0 aliphatic carbocycles. The molecule has 2 amide bonds. The van der Waals surface area contributed by atoms with Gasteiger partial charge in [0.1, 0.15) is 0 Å². The molecule has 0 spiro atoms. The highest BCUT2D eigenvalue weighted by molar-refractivity contribution is 6.35. The van der Waals surface area contributed by atoms with Crippen LogP contribution in [0.15, 0.2) is 60.7 Å². The highest BCUT2D eigenvalue weighted by atomic mass is 16.2. The van der Waals surface area contributed by atoms with Gasteiger partial charge in [-0.3, -0.25) is 9.59 Å². The van der Waals surface area contributed by atoms with Gasteiger partial charge in [-0.1, -0.05) is 74.5 Å². The lowest BCUT2D eigenvalue weighted by atomic mass is 9.96. The number of carbonyl (C=O) groups is 2. The predicted octanol–water partition coefficient (Wildman–Crippen LogP) is 3.38. The van der Waals surface area contributed by atoms with Gasteiger partial charge in [-0.25, -0.2) is 0 Å². The van der Waals surface area contributed by atoms with Crippen LogP contribution < -0.4 is 10.6 Å². The Hall–Kier alpha value is -2.62. The molecule has 0 unspecified atom stereocenters. The lowest BCUT2D eigenvalue weighted by Crippen LogP contribution is -2.43. The van der Waals surface area contributed by atoms with Crippen molar-refractivity contribution < 1.29 is 9.59 Å². The van der Waals surface area contributed by atoms with Crippen LogP contribution in [0, 0.1) is 5.92 Å². The molecule has 0 aromatic heterocycles. The number of rotatable bonds is 5. The van der Waals surface area contributed by atoms with Gasteiger partial charge in [0.25, 0.3) is 0 Å². The molecule has 24 heavy (non-hydrogen) atoms. The molecule has 4 heteroatoms. The molecule has 4 nitrogen and oxygen atoms in total. The van der Waals surface area contributed by atoms with Crippen LogP contribution in [0.2, 0.25) is 0 Å². The Bertz CT molecular complexity index is 669. The van der Waals surface area contributed by atoms with Crippen LogP contribution in [0.5, 0.6) is 0 Å². The Kier molecular flexibility index (Phi) is 6.13. The van der Waals surface area contributed by atoms with Gasteiger partial charge < -0.3 is 10.6 Å². The maximum absolute atomic E-state index is 12.3. The van der Waals surface area contributed by atoms with E-state index in [1.807, 2.05) is 81.4 Å². The summed E-state index contributed by atoms with van der Waals surface area (Å²) < 4.78 is 0. The third-order valence-corrected chi connectivity index (χ3v) is 3.97. The summed E-state index contributed by atoms with van der Waals surface area (Å²) in [6, 6.07) is 18.8. The fourth-order valence-electron chi connectivity index (χ4n) is 2.59. The van der Waals surface area contributed by atoms with E-state index in [2.05, 4.69) is 10.6 Å². The number of hydrogen-bond donors (Lipinski definition) is 2. The summed E-state index contributed by atoms with van der Waals surface area (Å²) in [5.74, 6) is -1.05. The second-order valence-corrected chi connectivity index (χ2v) is 6.21. The molecule has 0 radical (unpaired) electrons. The van der Waals surface area contributed by atoms with E-state index >= 15 is 0 Å². The molecule has 0 saturated carbocycles. The van der Waals surface area contributed by atoms with Gasteiger partial charge in [-0.15, -0.1) is 0 Å². The molecular formula is C20H24N2O2. The summed E-state index contributed by atoms with van der Waals surface area (Å²) in [6.45, 7) is 5.89. The Morgan fingerprint density at radius 1 is 0.708 bits per heavy atom. The van der Waals surface area contributed by atoms with Gasteiger partial charge in [-0.05, 0) is 24.0 Å². The summed E-state index contributed by atoms with van der Waals surface area (Å²) >= 11 is 0. The first-order valence-corrected chi connectivity index (χ1v) is 8.20. The van der Waals surface area contributed by atoms with Crippen LogP contribution in [0.4, 0.5) is 0 Å². The Balaban J connectivity index is 2.01. The van der Waals surface area contributed by atoms with Crippen molar-refractivity contribution in [2.24, 2.45) is 5.92 Å². The lowest BCUT2D eigenvalue weighted by molar-refractivity contribution is -0.140. The summed E-state index contributed by atoms with van der Waals surface area (Å²) in [6.07, 6.45) is 0. The van der Waals surface area contributed by atoms with Crippen molar-refractivity contribution in [2.45, 2.75) is 32.9 Å². The smallest absolute Gasteiger partial charge is 0.309 e. The molecule has 0 aliphatic heterocycles. The highest BCUT2D eigenvalue weighted by Crippen LogP contribution is 2.21. The topological polar surface area (TPSA) is 58.2 Å². The third kappa shape index (κ3) is 4.69. The van der Waals surface area contributed by atoms with Crippen molar-refractivity contribution in [2.75, 3.05) is 0 Å². The van der Waals surface area contributed by atoms with Crippen LogP contribution in [0.25, 0.3) is 0 Å². The molecule has 0 fully saturated rings. The van der Waals surface area contributed by atoms with Crippen molar-refractivity contribution in [3.05, 3.63) is 71.8 Å². The SMILES string of the molecule is CC(C)[C@H](NC(=O)C(=O)N[C@@H](C)c1ccccc1)c1ccccc1. The maximum atomic E-state index is 12.3. The van der Waals surface area contributed by atoms with E-state index in [1.165, 1.54) is 0 Å². The molecule has 0 bridgehead atoms. The van der Waals surface area contributed by atoms with Crippen molar-refractivity contribution in [1.82, 2.24) is 10.6 Å². The van der Waals surface area contributed by atoms with Gasteiger partial charge in [0.15, 0.2) is 0 Å². The van der Waals surface area contributed by atoms with E-state index in [9.17, 15) is 9.59 Å². The van der Waals surface area contributed by atoms with Crippen LogP contribution in [0.1, 0.15) is 44.0 Å². The Morgan fingerprint density at radius 3 is 1.67 bits per heavy atom. The first-order valence-electron chi connectivity index (χ1n) is 8.20. The van der Waals surface area contributed by atoms with E-state index in [4.69, 9.17) is 0 Å². The molecule has 126 valence electrons. The standard InChI is InChI=1S/C20H24N2O2/c1-14(2)18(17-12-8-5-9-13-17)22-20(24)19(23)21-15(3)16-10-6-4-7-11-16/h4-15,18H,1-3H3,(H,21,23)(H,22,24)/t15-,18-/m0/s1. The number of nitrogens with one attached hydrogen (secondary N) is 2. The minimum atomic E-state index is -0.618. The van der Waals surface area contributed by atoms with E-state index in [0.29, 0.717) is 0 Å². The molecule has 0 saturated heterocycles. The van der Waals surface area contributed by atoms with Crippen LogP contribution in [-0.4, -0.2) is 11.8 Å². The Morgan fingerprint density at radius 2 is 1.17 bits per heavy atom. The van der Waals surface area contributed by atoms with E-state index < -0.39 is 11.8 Å². The molecule has 2 N–H and O–H groups in total. The number of hydrogen-bond acceptors (Lipinski definition) is 2. The second-order valence-electron chi connectivity index (χ2n) is 6.21. The number of benzene rings is 2. The zero-order valence-corrected chi connectivity index (χ0v) is 14.3. The summed E-state index contributed by atoms with van der Waals surface area (Å²) in [5, 5.41) is 5.58. The van der Waals surface area contributed by atoms with Gasteiger partial charge in [0.2, 0.25) is 0 Å². The summed E-state index contributed by atoms with van der Waals surface area (Å²) in [4.78, 5) is 24.5. The zero-order valence-electron chi connectivity index (χ0n) is 14.3. The van der Waals surface area contributed by atoms with Crippen LogP contribution in [0.3, 0.4) is 0 Å². The molecule has 0 aliphatic rings. The van der Waals surface area contributed by atoms with Crippen LogP contribution in [-0.2, 0) is 9.59 Å². The molecule has 2 atom stereocenters. The first kappa shape index (κ1) is 17.7. The third-order valence-electron chi connectivity index (χ3n) is 3.97.